The van der Waals surface area contributed by atoms with E-state index in [-0.39, 0.29) is 11.8 Å². The number of hydrogen-bond donors (Lipinski definition) is 2. The lowest BCUT2D eigenvalue weighted by atomic mass is 9.89. The third kappa shape index (κ3) is 3.96. The van der Waals surface area contributed by atoms with Crippen molar-refractivity contribution >= 4 is 22.6 Å². The zero-order valence-corrected chi connectivity index (χ0v) is 15.6. The van der Waals surface area contributed by atoms with E-state index in [1.807, 2.05) is 25.1 Å². The van der Waals surface area contributed by atoms with Crippen LogP contribution >= 0.6 is 0 Å². The van der Waals surface area contributed by atoms with Crippen LogP contribution in [0.2, 0.25) is 0 Å². The third-order valence-electron chi connectivity index (χ3n) is 5.32. The van der Waals surface area contributed by atoms with Crippen LogP contribution in [0, 0.1) is 31.1 Å². The smallest absolute Gasteiger partial charge is 0.223 e. The third-order valence-corrected chi connectivity index (χ3v) is 5.32. The number of amides is 1. The van der Waals surface area contributed by atoms with Gasteiger partial charge in [0.1, 0.15) is 11.9 Å². The van der Waals surface area contributed by atoms with Gasteiger partial charge in [0.15, 0.2) is 0 Å². The summed E-state index contributed by atoms with van der Waals surface area (Å²) in [5.74, 6) is 0.911. The van der Waals surface area contributed by atoms with Gasteiger partial charge in [-0.3, -0.25) is 4.79 Å². The van der Waals surface area contributed by atoms with Crippen LogP contribution < -0.4 is 10.6 Å². The van der Waals surface area contributed by atoms with Gasteiger partial charge in [-0.05, 0) is 43.9 Å². The van der Waals surface area contributed by atoms with Crippen LogP contribution in [-0.4, -0.2) is 24.0 Å². The van der Waals surface area contributed by atoms with Gasteiger partial charge in [-0.15, -0.1) is 0 Å². The Bertz CT molecular complexity index is 847. The number of anilines is 1. The maximum Gasteiger partial charge on any atom is 0.223 e. The second-order valence-corrected chi connectivity index (χ2v) is 7.13. The van der Waals surface area contributed by atoms with Gasteiger partial charge in [0.2, 0.25) is 5.91 Å². The molecule has 136 valence electrons. The quantitative estimate of drug-likeness (QED) is 0.803. The molecule has 5 nitrogen and oxygen atoms in total. The molecule has 0 aliphatic heterocycles. The zero-order chi connectivity index (χ0) is 18.5. The second kappa shape index (κ2) is 8.18. The van der Waals surface area contributed by atoms with Crippen LogP contribution in [0.4, 0.5) is 5.82 Å². The molecule has 1 aromatic heterocycles. The molecule has 3 rings (SSSR count). The second-order valence-electron chi connectivity index (χ2n) is 7.13. The van der Waals surface area contributed by atoms with Crippen molar-refractivity contribution in [2.75, 3.05) is 18.4 Å². The molecule has 1 aliphatic rings. The van der Waals surface area contributed by atoms with Crippen molar-refractivity contribution in [1.29, 1.82) is 5.26 Å². The van der Waals surface area contributed by atoms with Crippen molar-refractivity contribution in [3.8, 4) is 6.07 Å². The average molecular weight is 350 g/mol. The summed E-state index contributed by atoms with van der Waals surface area (Å²) in [5.41, 5.74) is 3.75. The molecule has 0 atom stereocenters. The number of carbonyl (C=O) groups excluding carboxylic acids is 1. The van der Waals surface area contributed by atoms with Crippen molar-refractivity contribution in [2.24, 2.45) is 5.92 Å². The van der Waals surface area contributed by atoms with Crippen LogP contribution in [0.3, 0.4) is 0 Å². The van der Waals surface area contributed by atoms with Crippen LogP contribution in [0.5, 0.6) is 0 Å². The van der Waals surface area contributed by atoms with Gasteiger partial charge in [-0.1, -0.05) is 31.4 Å². The minimum Gasteiger partial charge on any atom is -0.367 e. The Labute approximate surface area is 154 Å². The molecule has 0 radical (unpaired) electrons. The molecule has 1 aromatic carbocycles. The molecule has 1 fully saturated rings. The number of nitrogens with one attached hydrogen (secondary N) is 2. The first-order valence-corrected chi connectivity index (χ1v) is 9.43. The van der Waals surface area contributed by atoms with E-state index in [9.17, 15) is 10.1 Å². The fourth-order valence-electron chi connectivity index (χ4n) is 3.58. The molecule has 5 heteroatoms. The summed E-state index contributed by atoms with van der Waals surface area (Å²) >= 11 is 0. The predicted octanol–water partition coefficient (Wildman–Crippen LogP) is 3.83. The van der Waals surface area contributed by atoms with Gasteiger partial charge in [-0.25, -0.2) is 4.98 Å². The molecule has 1 saturated carbocycles. The van der Waals surface area contributed by atoms with Gasteiger partial charge in [-0.2, -0.15) is 5.26 Å². The molecular weight excluding hydrogens is 324 g/mol. The van der Waals surface area contributed by atoms with Crippen LogP contribution in [0.1, 0.15) is 48.8 Å². The van der Waals surface area contributed by atoms with Crippen LogP contribution in [-0.2, 0) is 4.79 Å². The van der Waals surface area contributed by atoms with E-state index < -0.39 is 0 Å². The van der Waals surface area contributed by atoms with Crippen molar-refractivity contribution in [2.45, 2.75) is 46.0 Å². The Morgan fingerprint density at radius 1 is 1.23 bits per heavy atom. The Hall–Kier alpha value is -2.61. The SMILES string of the molecule is Cc1ccc2cc(C#N)c(NCCNC(=O)C3CCCCC3)nc2c1C. The van der Waals surface area contributed by atoms with E-state index in [0.717, 1.165) is 42.1 Å². The zero-order valence-electron chi connectivity index (χ0n) is 15.6. The van der Waals surface area contributed by atoms with E-state index in [0.29, 0.717) is 24.5 Å². The minimum absolute atomic E-state index is 0.157. The monoisotopic (exact) mass is 350 g/mol. The number of nitriles is 1. The number of nitrogens with zero attached hydrogens (tertiary/aromatic N) is 2. The number of aryl methyl sites for hydroxylation is 2. The number of hydrogen-bond acceptors (Lipinski definition) is 4. The van der Waals surface area contributed by atoms with E-state index in [4.69, 9.17) is 0 Å². The van der Waals surface area contributed by atoms with Crippen molar-refractivity contribution < 1.29 is 4.79 Å². The van der Waals surface area contributed by atoms with Crippen LogP contribution in [0.15, 0.2) is 18.2 Å². The molecule has 2 N–H and O–H groups in total. The van der Waals surface area contributed by atoms with Crippen molar-refractivity contribution in [1.82, 2.24) is 10.3 Å². The number of pyridine rings is 1. The first kappa shape index (κ1) is 18.2. The van der Waals surface area contributed by atoms with E-state index in [2.05, 4.69) is 28.6 Å². The van der Waals surface area contributed by atoms with Crippen molar-refractivity contribution in [3.05, 3.63) is 34.9 Å². The molecule has 0 spiro atoms. The Morgan fingerprint density at radius 3 is 2.73 bits per heavy atom. The van der Waals surface area contributed by atoms with Gasteiger partial charge < -0.3 is 10.6 Å². The number of rotatable bonds is 5. The van der Waals surface area contributed by atoms with E-state index in [1.165, 1.54) is 12.0 Å². The predicted molar refractivity (Wildman–Crippen MR) is 104 cm³/mol. The first-order valence-electron chi connectivity index (χ1n) is 9.43. The minimum atomic E-state index is 0.157. The highest BCUT2D eigenvalue weighted by atomic mass is 16.1. The Morgan fingerprint density at radius 2 is 2.00 bits per heavy atom. The van der Waals surface area contributed by atoms with E-state index in [1.54, 1.807) is 0 Å². The molecule has 0 bridgehead atoms. The average Bonchev–Trinajstić information content (AvgIpc) is 2.68. The van der Waals surface area contributed by atoms with Gasteiger partial charge in [0.25, 0.3) is 0 Å². The van der Waals surface area contributed by atoms with E-state index >= 15 is 0 Å². The summed E-state index contributed by atoms with van der Waals surface area (Å²) < 4.78 is 0. The largest absolute Gasteiger partial charge is 0.367 e. The number of fused-ring (bicyclic) bond motifs is 1. The summed E-state index contributed by atoms with van der Waals surface area (Å²) in [6, 6.07) is 8.13. The number of carbonyl (C=O) groups is 1. The lowest BCUT2D eigenvalue weighted by molar-refractivity contribution is -0.125. The maximum absolute atomic E-state index is 12.2. The molecular formula is C21H26N4O. The summed E-state index contributed by atoms with van der Waals surface area (Å²) in [6.07, 6.45) is 5.56. The van der Waals surface area contributed by atoms with Gasteiger partial charge in [0.05, 0.1) is 11.1 Å². The number of aromatic nitrogens is 1. The fourth-order valence-corrected chi connectivity index (χ4v) is 3.58. The van der Waals surface area contributed by atoms with Gasteiger partial charge >= 0.3 is 0 Å². The Balaban J connectivity index is 1.63. The van der Waals surface area contributed by atoms with Crippen molar-refractivity contribution in [3.63, 3.8) is 0 Å². The summed E-state index contributed by atoms with van der Waals surface area (Å²) in [5, 5.41) is 16.6. The molecule has 26 heavy (non-hydrogen) atoms. The summed E-state index contributed by atoms with van der Waals surface area (Å²) in [4.78, 5) is 16.8. The highest BCUT2D eigenvalue weighted by Gasteiger charge is 2.20. The molecule has 1 amide bonds. The molecule has 0 saturated heterocycles. The molecule has 0 unspecified atom stereocenters. The molecule has 1 heterocycles. The lowest BCUT2D eigenvalue weighted by Gasteiger charge is -2.20. The maximum atomic E-state index is 12.2. The molecule has 2 aromatic rings. The Kier molecular flexibility index (Phi) is 5.72. The van der Waals surface area contributed by atoms with Crippen LogP contribution in [0.25, 0.3) is 10.9 Å². The lowest BCUT2D eigenvalue weighted by Crippen LogP contribution is -2.35. The normalized spacial score (nSPS) is 14.8. The summed E-state index contributed by atoms with van der Waals surface area (Å²) in [7, 11) is 0. The topological polar surface area (TPSA) is 77.8 Å². The standard InChI is InChI=1S/C21H26N4O/c1-14-8-9-17-12-18(13-22)20(25-19(17)15(14)2)23-10-11-24-21(26)16-6-4-3-5-7-16/h8-9,12,16H,3-7,10-11H2,1-2H3,(H,23,25)(H,24,26). The fraction of sp³-hybridized carbons (Fsp3) is 0.476. The highest BCUT2D eigenvalue weighted by molar-refractivity contribution is 5.86. The summed E-state index contributed by atoms with van der Waals surface area (Å²) in [6.45, 7) is 5.19. The highest BCUT2D eigenvalue weighted by Crippen LogP contribution is 2.25. The van der Waals surface area contributed by atoms with Gasteiger partial charge in [0, 0.05) is 24.4 Å². The first-order chi connectivity index (χ1) is 12.6. The number of benzene rings is 1. The molecule has 1 aliphatic carbocycles.